The number of anilines is 1. The molecule has 5 heteroatoms. The van der Waals surface area contributed by atoms with E-state index in [9.17, 15) is 9.59 Å². The monoisotopic (exact) mass is 439 g/mol. The molecule has 0 saturated carbocycles. The minimum absolute atomic E-state index is 0.0543. The van der Waals surface area contributed by atoms with Crippen LogP contribution in [0.4, 0.5) is 5.69 Å². The van der Waals surface area contributed by atoms with Crippen LogP contribution in [0.15, 0.2) is 91.0 Å². The van der Waals surface area contributed by atoms with E-state index < -0.39 is 5.97 Å². The van der Waals surface area contributed by atoms with Gasteiger partial charge in [-0.1, -0.05) is 54.6 Å². The summed E-state index contributed by atoms with van der Waals surface area (Å²) in [7, 11) is 0. The smallest absolute Gasteiger partial charge is 0.303 e. The SMILES string of the molecule is CCN(C(=O)c1cc(Oc2ccccc2)ccc1CCC(=O)O)c1ccc2ccccc2c1. The van der Waals surface area contributed by atoms with Gasteiger partial charge in [-0.25, -0.2) is 0 Å². The third-order valence-corrected chi connectivity index (χ3v) is 5.50. The molecule has 0 unspecified atom stereocenters. The Kier molecular flexibility index (Phi) is 6.69. The van der Waals surface area contributed by atoms with Crippen LogP contribution in [0.3, 0.4) is 0 Å². The minimum atomic E-state index is -0.903. The van der Waals surface area contributed by atoms with Gasteiger partial charge in [0.1, 0.15) is 11.5 Å². The number of benzene rings is 4. The van der Waals surface area contributed by atoms with Crippen LogP contribution < -0.4 is 9.64 Å². The Bertz CT molecular complexity index is 1280. The summed E-state index contributed by atoms with van der Waals surface area (Å²) in [5, 5.41) is 11.3. The first-order valence-electron chi connectivity index (χ1n) is 10.9. The van der Waals surface area contributed by atoms with E-state index in [1.54, 1.807) is 23.1 Å². The normalized spacial score (nSPS) is 10.7. The number of rotatable bonds is 8. The van der Waals surface area contributed by atoms with Gasteiger partial charge in [-0.3, -0.25) is 9.59 Å². The number of hydrogen-bond acceptors (Lipinski definition) is 3. The molecule has 1 amide bonds. The number of amides is 1. The van der Waals surface area contributed by atoms with Crippen LogP contribution >= 0.6 is 0 Å². The molecule has 5 nitrogen and oxygen atoms in total. The highest BCUT2D eigenvalue weighted by molar-refractivity contribution is 6.08. The fraction of sp³-hybridized carbons (Fsp3) is 0.143. The highest BCUT2D eigenvalue weighted by Gasteiger charge is 2.21. The summed E-state index contributed by atoms with van der Waals surface area (Å²) >= 11 is 0. The van der Waals surface area contributed by atoms with Crippen molar-refractivity contribution in [3.05, 3.63) is 102 Å². The molecule has 0 radical (unpaired) electrons. The zero-order valence-corrected chi connectivity index (χ0v) is 18.4. The first-order chi connectivity index (χ1) is 16.0. The average Bonchev–Trinajstić information content (AvgIpc) is 2.84. The number of ether oxygens (including phenoxy) is 1. The first-order valence-corrected chi connectivity index (χ1v) is 10.9. The molecule has 4 aromatic carbocycles. The van der Waals surface area contributed by atoms with E-state index in [-0.39, 0.29) is 18.7 Å². The maximum absolute atomic E-state index is 13.7. The summed E-state index contributed by atoms with van der Waals surface area (Å²) in [6.45, 7) is 2.40. The van der Waals surface area contributed by atoms with Gasteiger partial charge in [0.05, 0.1) is 0 Å². The van der Waals surface area contributed by atoms with Gasteiger partial charge in [-0.15, -0.1) is 0 Å². The quantitative estimate of drug-likeness (QED) is 0.349. The number of para-hydroxylation sites is 1. The molecule has 166 valence electrons. The van der Waals surface area contributed by atoms with Crippen molar-refractivity contribution in [2.24, 2.45) is 0 Å². The van der Waals surface area contributed by atoms with Crippen molar-refractivity contribution >= 4 is 28.3 Å². The standard InChI is InChI=1S/C28H25NO4/c1-2-29(23-15-12-20-8-6-7-9-22(20)18-23)28(32)26-19-25(33-24-10-4-3-5-11-24)16-13-21(26)14-17-27(30)31/h3-13,15-16,18-19H,2,14,17H2,1H3,(H,30,31). The number of hydrogen-bond donors (Lipinski definition) is 1. The number of carbonyl (C=O) groups is 2. The molecule has 0 fully saturated rings. The van der Waals surface area contributed by atoms with Crippen molar-refractivity contribution < 1.29 is 19.4 Å². The van der Waals surface area contributed by atoms with Crippen molar-refractivity contribution in [2.75, 3.05) is 11.4 Å². The topological polar surface area (TPSA) is 66.8 Å². The number of carboxylic acids is 1. The summed E-state index contributed by atoms with van der Waals surface area (Å²) in [6, 6.07) is 28.5. The molecule has 0 bridgehead atoms. The van der Waals surface area contributed by atoms with Crippen LogP contribution in [-0.4, -0.2) is 23.5 Å². The van der Waals surface area contributed by atoms with Crippen LogP contribution in [-0.2, 0) is 11.2 Å². The molecule has 0 aliphatic rings. The second kappa shape index (κ2) is 10.0. The molecular formula is C28H25NO4. The lowest BCUT2D eigenvalue weighted by Crippen LogP contribution is -2.31. The maximum Gasteiger partial charge on any atom is 0.303 e. The van der Waals surface area contributed by atoms with E-state index in [1.807, 2.05) is 79.7 Å². The van der Waals surface area contributed by atoms with Crippen LogP contribution in [0.1, 0.15) is 29.3 Å². The molecule has 0 saturated heterocycles. The van der Waals surface area contributed by atoms with E-state index in [2.05, 4.69) is 0 Å². The van der Waals surface area contributed by atoms with Crippen molar-refractivity contribution in [3.8, 4) is 11.5 Å². The van der Waals surface area contributed by atoms with Crippen molar-refractivity contribution in [2.45, 2.75) is 19.8 Å². The number of aryl methyl sites for hydroxylation is 1. The highest BCUT2D eigenvalue weighted by Crippen LogP contribution is 2.28. The molecule has 0 heterocycles. The molecule has 0 aliphatic carbocycles. The van der Waals surface area contributed by atoms with Gasteiger partial charge in [0, 0.05) is 24.2 Å². The summed E-state index contributed by atoms with van der Waals surface area (Å²) in [6.07, 6.45) is 0.207. The van der Waals surface area contributed by atoms with Crippen molar-refractivity contribution in [1.82, 2.24) is 0 Å². The van der Waals surface area contributed by atoms with Gasteiger partial charge in [0.25, 0.3) is 5.91 Å². The molecule has 1 N–H and O–H groups in total. The fourth-order valence-corrected chi connectivity index (χ4v) is 3.84. The Balaban J connectivity index is 1.71. The number of carbonyl (C=O) groups excluding carboxylic acids is 1. The van der Waals surface area contributed by atoms with E-state index in [1.165, 1.54) is 0 Å². The Morgan fingerprint density at radius 1 is 0.818 bits per heavy atom. The number of aliphatic carboxylic acids is 1. The van der Waals surface area contributed by atoms with Gasteiger partial charge < -0.3 is 14.7 Å². The third kappa shape index (κ3) is 5.21. The molecule has 0 atom stereocenters. The molecule has 0 aliphatic heterocycles. The second-order valence-corrected chi connectivity index (χ2v) is 7.71. The number of nitrogens with zero attached hydrogens (tertiary/aromatic N) is 1. The summed E-state index contributed by atoms with van der Waals surface area (Å²) in [5.41, 5.74) is 1.92. The lowest BCUT2D eigenvalue weighted by molar-refractivity contribution is -0.136. The van der Waals surface area contributed by atoms with Gasteiger partial charge in [0.2, 0.25) is 0 Å². The molecule has 33 heavy (non-hydrogen) atoms. The van der Waals surface area contributed by atoms with Gasteiger partial charge in [0.15, 0.2) is 0 Å². The van der Waals surface area contributed by atoms with Crippen molar-refractivity contribution in [1.29, 1.82) is 0 Å². The Hall–Kier alpha value is -4.12. The van der Waals surface area contributed by atoms with E-state index in [0.29, 0.717) is 29.2 Å². The summed E-state index contributed by atoms with van der Waals surface area (Å²) < 4.78 is 5.94. The maximum atomic E-state index is 13.7. The van der Waals surface area contributed by atoms with Crippen LogP contribution in [0.5, 0.6) is 11.5 Å². The zero-order chi connectivity index (χ0) is 23.2. The lowest BCUT2D eigenvalue weighted by atomic mass is 10.0. The van der Waals surface area contributed by atoms with Gasteiger partial charge in [-0.2, -0.15) is 0 Å². The Morgan fingerprint density at radius 3 is 2.27 bits per heavy atom. The van der Waals surface area contributed by atoms with E-state index in [0.717, 1.165) is 16.5 Å². The lowest BCUT2D eigenvalue weighted by Gasteiger charge is -2.23. The van der Waals surface area contributed by atoms with E-state index in [4.69, 9.17) is 9.84 Å². The van der Waals surface area contributed by atoms with Crippen molar-refractivity contribution in [3.63, 3.8) is 0 Å². The van der Waals surface area contributed by atoms with Crippen LogP contribution in [0.2, 0.25) is 0 Å². The first kappa shape index (κ1) is 22.1. The third-order valence-electron chi connectivity index (χ3n) is 5.50. The predicted molar refractivity (Wildman–Crippen MR) is 130 cm³/mol. The number of carboxylic acid groups (broad SMARTS) is 1. The Morgan fingerprint density at radius 2 is 1.55 bits per heavy atom. The second-order valence-electron chi connectivity index (χ2n) is 7.71. The minimum Gasteiger partial charge on any atom is -0.481 e. The van der Waals surface area contributed by atoms with Crippen LogP contribution in [0.25, 0.3) is 10.8 Å². The Labute approximate surface area is 192 Å². The molecule has 0 spiro atoms. The van der Waals surface area contributed by atoms with Crippen LogP contribution in [0, 0.1) is 0 Å². The number of fused-ring (bicyclic) bond motifs is 1. The summed E-state index contributed by atoms with van der Waals surface area (Å²) in [4.78, 5) is 26.6. The molecular weight excluding hydrogens is 414 g/mol. The summed E-state index contributed by atoms with van der Waals surface area (Å²) in [5.74, 6) is 0.0980. The van der Waals surface area contributed by atoms with Gasteiger partial charge in [-0.05, 0) is 66.1 Å². The molecule has 0 aromatic heterocycles. The zero-order valence-electron chi connectivity index (χ0n) is 18.4. The van der Waals surface area contributed by atoms with Gasteiger partial charge >= 0.3 is 5.97 Å². The largest absolute Gasteiger partial charge is 0.481 e. The fourth-order valence-electron chi connectivity index (χ4n) is 3.84. The van der Waals surface area contributed by atoms with E-state index >= 15 is 0 Å². The highest BCUT2D eigenvalue weighted by atomic mass is 16.5. The predicted octanol–water partition coefficient (Wildman–Crippen LogP) is 6.32. The molecule has 4 rings (SSSR count). The average molecular weight is 440 g/mol. The molecule has 4 aromatic rings.